The van der Waals surface area contributed by atoms with Gasteiger partial charge in [0.1, 0.15) is 5.75 Å². The number of carbonyl (C=O) groups is 2. The molecular weight excluding hydrogens is 358 g/mol. The van der Waals surface area contributed by atoms with Crippen LogP contribution < -0.4 is 10.6 Å². The Morgan fingerprint density at radius 1 is 0.964 bits per heavy atom. The number of nitrogens with one attached hydrogen (secondary N) is 2. The molecule has 1 heterocycles. The molecule has 0 saturated carbocycles. The Balaban J connectivity index is 1.37. The Bertz CT molecular complexity index is 938. The average molecular weight is 379 g/mol. The van der Waals surface area contributed by atoms with Gasteiger partial charge in [-0.2, -0.15) is 0 Å². The van der Waals surface area contributed by atoms with Crippen molar-refractivity contribution < 1.29 is 19.1 Å². The second-order valence-corrected chi connectivity index (χ2v) is 6.11. The molecular formula is C21H21N3O4. The molecule has 3 N–H and O–H groups in total. The van der Waals surface area contributed by atoms with Crippen LogP contribution in [0.5, 0.6) is 5.75 Å². The summed E-state index contributed by atoms with van der Waals surface area (Å²) in [6, 6.07) is 15.9. The highest BCUT2D eigenvalue weighted by atomic mass is 16.4. The van der Waals surface area contributed by atoms with E-state index in [1.165, 1.54) is 12.1 Å². The van der Waals surface area contributed by atoms with E-state index >= 15 is 0 Å². The number of nitrogens with zero attached hydrogens (tertiary/aromatic N) is 1. The summed E-state index contributed by atoms with van der Waals surface area (Å²) >= 11 is 0. The molecule has 0 aliphatic carbocycles. The Kier molecular flexibility index (Phi) is 6.41. The lowest BCUT2D eigenvalue weighted by molar-refractivity contribution is -0.121. The highest BCUT2D eigenvalue weighted by Crippen LogP contribution is 2.20. The quantitative estimate of drug-likeness (QED) is 0.522. The Morgan fingerprint density at radius 2 is 1.68 bits per heavy atom. The normalized spacial score (nSPS) is 10.4. The van der Waals surface area contributed by atoms with Crippen LogP contribution in [0.1, 0.15) is 22.7 Å². The number of hydrogen-bond acceptors (Lipinski definition) is 5. The number of aryl methyl sites for hydroxylation is 1. The summed E-state index contributed by atoms with van der Waals surface area (Å²) in [5.74, 6) is 0.548. The third kappa shape index (κ3) is 5.20. The molecule has 2 amide bonds. The topological polar surface area (TPSA) is 104 Å². The molecule has 0 aliphatic heterocycles. The van der Waals surface area contributed by atoms with Gasteiger partial charge in [-0.05, 0) is 12.1 Å². The molecule has 0 unspecified atom stereocenters. The van der Waals surface area contributed by atoms with Crippen molar-refractivity contribution >= 4 is 11.8 Å². The van der Waals surface area contributed by atoms with Gasteiger partial charge < -0.3 is 20.2 Å². The summed E-state index contributed by atoms with van der Waals surface area (Å²) in [6.07, 6.45) is 2.28. The lowest BCUT2D eigenvalue weighted by Gasteiger charge is -2.07. The minimum absolute atomic E-state index is 0.0788. The first-order valence-electron chi connectivity index (χ1n) is 8.96. The summed E-state index contributed by atoms with van der Waals surface area (Å²) in [5, 5.41) is 15.0. The number of benzene rings is 2. The molecule has 7 heteroatoms. The third-order valence-electron chi connectivity index (χ3n) is 4.06. The maximum atomic E-state index is 11.9. The van der Waals surface area contributed by atoms with Crippen molar-refractivity contribution in [3.63, 3.8) is 0 Å². The highest BCUT2D eigenvalue weighted by molar-refractivity contribution is 5.96. The zero-order chi connectivity index (χ0) is 19.8. The summed E-state index contributed by atoms with van der Waals surface area (Å²) in [6.45, 7) is 0.551. The molecule has 0 atom stereocenters. The van der Waals surface area contributed by atoms with Crippen LogP contribution in [0.2, 0.25) is 0 Å². The lowest BCUT2D eigenvalue weighted by atomic mass is 10.2. The number of phenols is 1. The molecule has 0 bridgehead atoms. The predicted octanol–water partition coefficient (Wildman–Crippen LogP) is 2.53. The van der Waals surface area contributed by atoms with E-state index in [0.717, 1.165) is 5.56 Å². The zero-order valence-corrected chi connectivity index (χ0v) is 15.2. The standard InChI is InChI=1S/C21H21N3O4/c25-17-9-5-4-8-16(17)21(27)23-13-12-22-19(26)10-11-20-24-14-18(28-20)15-6-2-1-3-7-15/h1-9,14,25H,10-13H2,(H,22,26)(H,23,27). The molecule has 144 valence electrons. The van der Waals surface area contributed by atoms with Crippen LogP contribution in [0, 0.1) is 0 Å². The first-order chi connectivity index (χ1) is 13.6. The van der Waals surface area contributed by atoms with Crippen molar-refractivity contribution in [1.82, 2.24) is 15.6 Å². The number of hydrogen-bond donors (Lipinski definition) is 3. The maximum absolute atomic E-state index is 11.9. The van der Waals surface area contributed by atoms with E-state index in [2.05, 4.69) is 15.6 Å². The summed E-state index contributed by atoms with van der Waals surface area (Å²) in [7, 11) is 0. The van der Waals surface area contributed by atoms with Crippen molar-refractivity contribution in [2.45, 2.75) is 12.8 Å². The van der Waals surface area contributed by atoms with E-state index in [1.54, 1.807) is 18.3 Å². The second-order valence-electron chi connectivity index (χ2n) is 6.11. The van der Waals surface area contributed by atoms with Crippen LogP contribution in [-0.4, -0.2) is 35.0 Å². The molecule has 0 saturated heterocycles. The van der Waals surface area contributed by atoms with Gasteiger partial charge in [0, 0.05) is 31.5 Å². The van der Waals surface area contributed by atoms with Gasteiger partial charge in [0.05, 0.1) is 11.8 Å². The van der Waals surface area contributed by atoms with E-state index in [4.69, 9.17) is 4.42 Å². The van der Waals surface area contributed by atoms with Gasteiger partial charge in [0.2, 0.25) is 5.91 Å². The minimum atomic E-state index is -0.388. The fourth-order valence-corrected chi connectivity index (χ4v) is 2.61. The number of aromatic nitrogens is 1. The molecule has 3 rings (SSSR count). The number of para-hydroxylation sites is 1. The molecule has 7 nitrogen and oxygen atoms in total. The monoisotopic (exact) mass is 379 g/mol. The second kappa shape index (κ2) is 9.36. The van der Waals surface area contributed by atoms with Crippen LogP contribution in [0.25, 0.3) is 11.3 Å². The van der Waals surface area contributed by atoms with Crippen LogP contribution >= 0.6 is 0 Å². The minimum Gasteiger partial charge on any atom is -0.507 e. The highest BCUT2D eigenvalue weighted by Gasteiger charge is 2.10. The number of oxazole rings is 1. The van der Waals surface area contributed by atoms with Crippen LogP contribution in [0.3, 0.4) is 0 Å². The van der Waals surface area contributed by atoms with Crippen molar-refractivity contribution in [3.8, 4) is 17.1 Å². The number of carbonyl (C=O) groups excluding carboxylic acids is 2. The molecule has 28 heavy (non-hydrogen) atoms. The molecule has 0 spiro atoms. The fraction of sp³-hybridized carbons (Fsp3) is 0.190. The van der Waals surface area contributed by atoms with Gasteiger partial charge in [0.25, 0.3) is 5.91 Å². The van der Waals surface area contributed by atoms with Gasteiger partial charge in [0.15, 0.2) is 11.7 Å². The van der Waals surface area contributed by atoms with Gasteiger partial charge in [-0.25, -0.2) is 4.98 Å². The van der Waals surface area contributed by atoms with E-state index in [1.807, 2.05) is 30.3 Å². The SMILES string of the molecule is O=C(CCc1ncc(-c2ccccc2)o1)NCCNC(=O)c1ccccc1O. The Hall–Kier alpha value is -3.61. The lowest BCUT2D eigenvalue weighted by Crippen LogP contribution is -2.34. The van der Waals surface area contributed by atoms with Crippen LogP contribution in [0.4, 0.5) is 0 Å². The molecule has 3 aromatic rings. The number of phenolic OH excluding ortho intramolecular Hbond substituents is 1. The maximum Gasteiger partial charge on any atom is 0.255 e. The molecule has 0 fully saturated rings. The Labute approximate surface area is 162 Å². The van der Waals surface area contributed by atoms with Gasteiger partial charge in [-0.1, -0.05) is 42.5 Å². The van der Waals surface area contributed by atoms with E-state index in [9.17, 15) is 14.7 Å². The average Bonchev–Trinajstić information content (AvgIpc) is 3.20. The number of aromatic hydroxyl groups is 1. The largest absolute Gasteiger partial charge is 0.507 e. The first kappa shape index (κ1) is 19.2. The van der Waals surface area contributed by atoms with Crippen LogP contribution in [-0.2, 0) is 11.2 Å². The van der Waals surface area contributed by atoms with Crippen molar-refractivity contribution in [2.75, 3.05) is 13.1 Å². The summed E-state index contributed by atoms with van der Waals surface area (Å²) < 4.78 is 5.67. The smallest absolute Gasteiger partial charge is 0.255 e. The fourth-order valence-electron chi connectivity index (χ4n) is 2.61. The summed E-state index contributed by atoms with van der Waals surface area (Å²) in [5.41, 5.74) is 1.14. The van der Waals surface area contributed by atoms with Gasteiger partial charge >= 0.3 is 0 Å². The molecule has 0 aliphatic rings. The molecule has 0 radical (unpaired) electrons. The van der Waals surface area contributed by atoms with Crippen molar-refractivity contribution in [2.24, 2.45) is 0 Å². The molecule has 2 aromatic carbocycles. The third-order valence-corrected chi connectivity index (χ3v) is 4.06. The van der Waals surface area contributed by atoms with Gasteiger partial charge in [-0.15, -0.1) is 0 Å². The van der Waals surface area contributed by atoms with Crippen LogP contribution in [0.15, 0.2) is 65.2 Å². The zero-order valence-electron chi connectivity index (χ0n) is 15.2. The number of rotatable bonds is 8. The van der Waals surface area contributed by atoms with Crippen molar-refractivity contribution in [3.05, 3.63) is 72.2 Å². The van der Waals surface area contributed by atoms with Crippen molar-refractivity contribution in [1.29, 1.82) is 0 Å². The first-order valence-corrected chi connectivity index (χ1v) is 8.96. The van der Waals surface area contributed by atoms with Gasteiger partial charge in [-0.3, -0.25) is 9.59 Å². The molecule has 1 aromatic heterocycles. The summed E-state index contributed by atoms with van der Waals surface area (Å²) in [4.78, 5) is 28.1. The Morgan fingerprint density at radius 3 is 2.46 bits per heavy atom. The number of amides is 2. The van der Waals surface area contributed by atoms with E-state index in [-0.39, 0.29) is 36.1 Å². The van der Waals surface area contributed by atoms with E-state index < -0.39 is 0 Å². The predicted molar refractivity (Wildman–Crippen MR) is 104 cm³/mol. The van der Waals surface area contributed by atoms with E-state index in [0.29, 0.717) is 24.6 Å².